The molecule has 0 radical (unpaired) electrons. The lowest BCUT2D eigenvalue weighted by molar-refractivity contribution is 0.141. The van der Waals surface area contributed by atoms with Crippen molar-refractivity contribution < 1.29 is 4.79 Å². The lowest BCUT2D eigenvalue weighted by Gasteiger charge is -2.34. The van der Waals surface area contributed by atoms with E-state index in [1.54, 1.807) is 12.4 Å². The van der Waals surface area contributed by atoms with Gasteiger partial charge in [-0.2, -0.15) is 0 Å². The Bertz CT molecular complexity index is 455. The molecule has 116 valence electrons. The van der Waals surface area contributed by atoms with E-state index in [9.17, 15) is 4.79 Å². The van der Waals surface area contributed by atoms with Crippen molar-refractivity contribution in [3.05, 3.63) is 30.1 Å². The first-order chi connectivity index (χ1) is 9.97. The summed E-state index contributed by atoms with van der Waals surface area (Å²) in [6, 6.07) is 3.88. The van der Waals surface area contributed by atoms with E-state index in [0.717, 1.165) is 38.2 Å². The number of pyridine rings is 1. The van der Waals surface area contributed by atoms with E-state index in [1.807, 2.05) is 17.0 Å². The van der Waals surface area contributed by atoms with Crippen molar-refractivity contribution in [2.45, 2.75) is 39.3 Å². The highest BCUT2D eigenvalue weighted by atomic mass is 16.2. The summed E-state index contributed by atoms with van der Waals surface area (Å²) in [5.74, 6) is 0. The van der Waals surface area contributed by atoms with Crippen LogP contribution in [0.3, 0.4) is 0 Å². The van der Waals surface area contributed by atoms with Crippen molar-refractivity contribution >= 4 is 6.03 Å². The van der Waals surface area contributed by atoms with Gasteiger partial charge in [0.05, 0.1) is 0 Å². The van der Waals surface area contributed by atoms with Gasteiger partial charge in [-0.1, -0.05) is 6.07 Å². The van der Waals surface area contributed by atoms with Crippen LogP contribution < -0.4 is 5.32 Å². The lowest BCUT2D eigenvalue weighted by Crippen LogP contribution is -2.45. The molecule has 0 aromatic carbocycles. The molecule has 1 fully saturated rings. The van der Waals surface area contributed by atoms with Crippen LogP contribution in [0.5, 0.6) is 0 Å². The molecular weight excluding hydrogens is 264 g/mol. The zero-order valence-electron chi connectivity index (χ0n) is 13.3. The van der Waals surface area contributed by atoms with Crippen LogP contribution in [-0.2, 0) is 6.54 Å². The normalized spacial score (nSPS) is 17.4. The molecule has 1 N–H and O–H groups in total. The van der Waals surface area contributed by atoms with E-state index >= 15 is 0 Å². The van der Waals surface area contributed by atoms with Gasteiger partial charge in [0, 0.05) is 50.7 Å². The maximum Gasteiger partial charge on any atom is 0.317 e. The molecule has 0 aliphatic carbocycles. The van der Waals surface area contributed by atoms with Gasteiger partial charge >= 0.3 is 6.03 Å². The number of nitrogens with zero attached hydrogens (tertiary/aromatic N) is 3. The van der Waals surface area contributed by atoms with E-state index < -0.39 is 0 Å². The summed E-state index contributed by atoms with van der Waals surface area (Å²) in [4.78, 5) is 20.7. The number of hydrogen-bond donors (Lipinski definition) is 1. The van der Waals surface area contributed by atoms with Crippen LogP contribution in [-0.4, -0.2) is 52.5 Å². The first-order valence-electron chi connectivity index (χ1n) is 7.63. The average molecular weight is 290 g/mol. The second-order valence-corrected chi connectivity index (χ2v) is 6.52. The summed E-state index contributed by atoms with van der Waals surface area (Å²) >= 11 is 0. The molecule has 0 atom stereocenters. The number of rotatable bonds is 2. The third kappa shape index (κ3) is 4.70. The Hall–Kier alpha value is -1.62. The van der Waals surface area contributed by atoms with E-state index in [0.29, 0.717) is 6.54 Å². The van der Waals surface area contributed by atoms with Gasteiger partial charge in [0.25, 0.3) is 0 Å². The number of aromatic nitrogens is 1. The predicted octanol–water partition coefficient (Wildman–Crippen LogP) is 2.10. The molecule has 21 heavy (non-hydrogen) atoms. The highest BCUT2D eigenvalue weighted by Gasteiger charge is 2.25. The summed E-state index contributed by atoms with van der Waals surface area (Å²) in [6.45, 7) is 10.8. The molecule has 1 saturated heterocycles. The molecule has 5 nitrogen and oxygen atoms in total. The van der Waals surface area contributed by atoms with Crippen molar-refractivity contribution in [1.82, 2.24) is 20.1 Å². The Morgan fingerprint density at radius 3 is 2.76 bits per heavy atom. The Balaban J connectivity index is 1.83. The van der Waals surface area contributed by atoms with Crippen molar-refractivity contribution in [1.29, 1.82) is 0 Å². The second kappa shape index (κ2) is 6.89. The summed E-state index contributed by atoms with van der Waals surface area (Å²) in [5.41, 5.74) is 1.19. The fourth-order valence-electron chi connectivity index (χ4n) is 2.58. The van der Waals surface area contributed by atoms with Crippen LogP contribution in [0.15, 0.2) is 24.5 Å². The molecule has 1 aromatic rings. The third-order valence-electron chi connectivity index (χ3n) is 3.90. The van der Waals surface area contributed by atoms with Crippen LogP contribution in [0, 0.1) is 0 Å². The minimum absolute atomic E-state index is 0.0228. The van der Waals surface area contributed by atoms with Gasteiger partial charge in [0.2, 0.25) is 0 Å². The van der Waals surface area contributed by atoms with Crippen LogP contribution in [0.4, 0.5) is 4.79 Å². The topological polar surface area (TPSA) is 48.5 Å². The fraction of sp³-hybridized carbons (Fsp3) is 0.625. The Morgan fingerprint density at radius 1 is 1.29 bits per heavy atom. The number of urea groups is 1. The predicted molar refractivity (Wildman–Crippen MR) is 84.0 cm³/mol. The molecule has 1 aromatic heterocycles. The number of carbonyl (C=O) groups is 1. The SMILES string of the molecule is CC(C)(C)N1CCCN(C(=O)NCc2cccnc2)CC1. The Morgan fingerprint density at radius 2 is 2.10 bits per heavy atom. The molecule has 2 heterocycles. The van der Waals surface area contributed by atoms with Crippen LogP contribution in [0.1, 0.15) is 32.8 Å². The smallest absolute Gasteiger partial charge is 0.317 e. The van der Waals surface area contributed by atoms with E-state index in [2.05, 4.69) is 36.0 Å². The largest absolute Gasteiger partial charge is 0.334 e. The quantitative estimate of drug-likeness (QED) is 0.907. The van der Waals surface area contributed by atoms with E-state index in [1.165, 1.54) is 0 Å². The molecule has 0 spiro atoms. The lowest BCUT2D eigenvalue weighted by atomic mass is 10.1. The van der Waals surface area contributed by atoms with Gasteiger partial charge in [0.15, 0.2) is 0 Å². The molecule has 5 heteroatoms. The van der Waals surface area contributed by atoms with Gasteiger partial charge in [-0.3, -0.25) is 9.88 Å². The third-order valence-corrected chi connectivity index (χ3v) is 3.90. The van der Waals surface area contributed by atoms with Crippen molar-refractivity contribution in [2.75, 3.05) is 26.2 Å². The highest BCUT2D eigenvalue weighted by molar-refractivity contribution is 5.74. The zero-order valence-corrected chi connectivity index (χ0v) is 13.3. The summed E-state index contributed by atoms with van der Waals surface area (Å²) in [7, 11) is 0. The molecule has 2 amide bonds. The van der Waals surface area contributed by atoms with E-state index in [-0.39, 0.29) is 11.6 Å². The first-order valence-corrected chi connectivity index (χ1v) is 7.63. The molecule has 1 aliphatic heterocycles. The minimum Gasteiger partial charge on any atom is -0.334 e. The summed E-state index contributed by atoms with van der Waals surface area (Å²) in [5, 5.41) is 2.98. The highest BCUT2D eigenvalue weighted by Crippen LogP contribution is 2.16. The molecule has 0 unspecified atom stereocenters. The summed E-state index contributed by atoms with van der Waals surface area (Å²) < 4.78 is 0. The maximum atomic E-state index is 12.3. The monoisotopic (exact) mass is 290 g/mol. The Labute approximate surface area is 127 Å². The van der Waals surface area contributed by atoms with Gasteiger partial charge in [0.1, 0.15) is 0 Å². The van der Waals surface area contributed by atoms with Crippen molar-refractivity contribution in [3.63, 3.8) is 0 Å². The molecule has 0 bridgehead atoms. The van der Waals surface area contributed by atoms with Crippen molar-refractivity contribution in [2.24, 2.45) is 0 Å². The molecular formula is C16H26N4O. The second-order valence-electron chi connectivity index (χ2n) is 6.52. The number of amides is 2. The average Bonchev–Trinajstić information content (AvgIpc) is 2.71. The van der Waals surface area contributed by atoms with Crippen LogP contribution >= 0.6 is 0 Å². The van der Waals surface area contributed by atoms with Crippen LogP contribution in [0.2, 0.25) is 0 Å². The standard InChI is InChI=1S/C16H26N4O/c1-16(2,3)20-9-5-8-19(10-11-20)15(21)18-13-14-6-4-7-17-12-14/h4,6-7,12H,5,8-11,13H2,1-3H3,(H,18,21). The zero-order chi connectivity index (χ0) is 15.3. The molecule has 0 saturated carbocycles. The van der Waals surface area contributed by atoms with Crippen LogP contribution in [0.25, 0.3) is 0 Å². The maximum absolute atomic E-state index is 12.3. The number of hydrogen-bond acceptors (Lipinski definition) is 3. The number of nitrogens with one attached hydrogen (secondary N) is 1. The Kier molecular flexibility index (Phi) is 5.17. The minimum atomic E-state index is 0.0228. The number of carbonyl (C=O) groups excluding carboxylic acids is 1. The van der Waals surface area contributed by atoms with E-state index in [4.69, 9.17) is 0 Å². The van der Waals surface area contributed by atoms with Gasteiger partial charge < -0.3 is 10.2 Å². The fourth-order valence-corrected chi connectivity index (χ4v) is 2.58. The van der Waals surface area contributed by atoms with Gasteiger partial charge in [-0.15, -0.1) is 0 Å². The van der Waals surface area contributed by atoms with Gasteiger partial charge in [-0.25, -0.2) is 4.79 Å². The van der Waals surface area contributed by atoms with Crippen molar-refractivity contribution in [3.8, 4) is 0 Å². The summed E-state index contributed by atoms with van der Waals surface area (Å²) in [6.07, 6.45) is 4.54. The molecule has 2 rings (SSSR count). The first kappa shape index (κ1) is 15.8. The van der Waals surface area contributed by atoms with Gasteiger partial charge in [-0.05, 0) is 38.8 Å². The molecule has 1 aliphatic rings.